The number of hydrogen-bond acceptors (Lipinski definition) is 4. The summed E-state index contributed by atoms with van der Waals surface area (Å²) in [5.74, 6) is 0.213. The molecule has 2 atom stereocenters. The standard InChI is InChI=1S/C22H28N2O3/c1-3-21-7-8-22(26-9-10-27-22)13-18(21)6-4-5-16-12-20-17(11-19(16)21)14-23-24(20)15(2)25/h11-12,14,18H,3-10,13H2,1-2H3. The Morgan fingerprint density at radius 2 is 2.11 bits per heavy atom. The molecule has 1 aromatic carbocycles. The molecule has 1 spiro atoms. The predicted molar refractivity (Wildman–Crippen MR) is 103 cm³/mol. The second kappa shape index (κ2) is 6.14. The molecule has 3 aliphatic rings. The van der Waals surface area contributed by atoms with E-state index in [1.807, 2.05) is 6.20 Å². The van der Waals surface area contributed by atoms with Crippen LogP contribution in [0.25, 0.3) is 10.9 Å². The van der Waals surface area contributed by atoms with E-state index in [0.717, 1.165) is 56.2 Å². The molecule has 5 heteroatoms. The largest absolute Gasteiger partial charge is 0.348 e. The first-order valence-corrected chi connectivity index (χ1v) is 10.4. The van der Waals surface area contributed by atoms with Gasteiger partial charge in [-0.15, -0.1) is 0 Å². The number of ether oxygens (including phenoxy) is 2. The number of carbonyl (C=O) groups is 1. The molecule has 0 radical (unpaired) electrons. The molecule has 5 rings (SSSR count). The lowest BCUT2D eigenvalue weighted by atomic mass is 9.59. The molecule has 27 heavy (non-hydrogen) atoms. The van der Waals surface area contributed by atoms with Gasteiger partial charge in [-0.1, -0.05) is 6.92 Å². The number of aromatic nitrogens is 2. The van der Waals surface area contributed by atoms with Crippen LogP contribution in [0.5, 0.6) is 0 Å². The highest BCUT2D eigenvalue weighted by Gasteiger charge is 2.52. The van der Waals surface area contributed by atoms with Crippen molar-refractivity contribution < 1.29 is 14.3 Å². The molecule has 2 aliphatic carbocycles. The third-order valence-electron chi connectivity index (χ3n) is 7.36. The van der Waals surface area contributed by atoms with Crippen LogP contribution in [0.3, 0.4) is 0 Å². The number of hydrogen-bond donors (Lipinski definition) is 0. The van der Waals surface area contributed by atoms with Crippen LogP contribution < -0.4 is 0 Å². The summed E-state index contributed by atoms with van der Waals surface area (Å²) < 4.78 is 13.7. The molecular formula is C22H28N2O3. The maximum absolute atomic E-state index is 11.9. The van der Waals surface area contributed by atoms with Gasteiger partial charge >= 0.3 is 0 Å². The quantitative estimate of drug-likeness (QED) is 0.756. The first-order valence-electron chi connectivity index (χ1n) is 10.4. The first-order chi connectivity index (χ1) is 13.1. The molecule has 1 aromatic heterocycles. The van der Waals surface area contributed by atoms with E-state index >= 15 is 0 Å². The van der Waals surface area contributed by atoms with Gasteiger partial charge in [0.25, 0.3) is 0 Å². The van der Waals surface area contributed by atoms with Gasteiger partial charge in [0.05, 0.1) is 24.9 Å². The number of carbonyl (C=O) groups excluding carboxylic acids is 1. The number of fused-ring (bicyclic) bond motifs is 4. The smallest absolute Gasteiger partial charge is 0.244 e. The Hall–Kier alpha value is -1.72. The first kappa shape index (κ1) is 17.4. The lowest BCUT2D eigenvalue weighted by Crippen LogP contribution is -2.48. The van der Waals surface area contributed by atoms with Gasteiger partial charge in [0.2, 0.25) is 5.91 Å². The monoisotopic (exact) mass is 368 g/mol. The zero-order chi connectivity index (χ0) is 18.6. The van der Waals surface area contributed by atoms with Crippen molar-refractivity contribution in [2.45, 2.75) is 70.0 Å². The predicted octanol–water partition coefficient (Wildman–Crippen LogP) is 4.22. The van der Waals surface area contributed by atoms with Crippen LogP contribution in [0.15, 0.2) is 18.3 Å². The van der Waals surface area contributed by atoms with Gasteiger partial charge in [0, 0.05) is 25.2 Å². The van der Waals surface area contributed by atoms with E-state index in [-0.39, 0.29) is 17.1 Å². The van der Waals surface area contributed by atoms with Crippen molar-refractivity contribution in [3.05, 3.63) is 29.5 Å². The van der Waals surface area contributed by atoms with Gasteiger partial charge in [-0.05, 0) is 66.7 Å². The van der Waals surface area contributed by atoms with E-state index in [9.17, 15) is 4.79 Å². The van der Waals surface area contributed by atoms with Crippen LogP contribution in [0.2, 0.25) is 0 Å². The van der Waals surface area contributed by atoms with E-state index < -0.39 is 0 Å². The summed E-state index contributed by atoms with van der Waals surface area (Å²) in [5.41, 5.74) is 4.01. The summed E-state index contributed by atoms with van der Waals surface area (Å²) in [6.07, 6.45) is 9.52. The van der Waals surface area contributed by atoms with Crippen molar-refractivity contribution in [3.63, 3.8) is 0 Å². The van der Waals surface area contributed by atoms with Crippen LogP contribution in [0.4, 0.5) is 0 Å². The van der Waals surface area contributed by atoms with Gasteiger partial charge in [-0.25, -0.2) is 4.68 Å². The van der Waals surface area contributed by atoms with Crippen LogP contribution in [0, 0.1) is 5.92 Å². The Morgan fingerprint density at radius 3 is 2.85 bits per heavy atom. The van der Waals surface area contributed by atoms with Gasteiger partial charge in [-0.3, -0.25) is 4.79 Å². The number of rotatable bonds is 1. The van der Waals surface area contributed by atoms with E-state index in [1.54, 1.807) is 6.92 Å². The Balaban J connectivity index is 1.63. The summed E-state index contributed by atoms with van der Waals surface area (Å²) in [6.45, 7) is 5.37. The van der Waals surface area contributed by atoms with Crippen molar-refractivity contribution >= 4 is 16.8 Å². The van der Waals surface area contributed by atoms with Crippen LogP contribution in [-0.4, -0.2) is 34.7 Å². The fraction of sp³-hybridized carbons (Fsp3) is 0.636. The highest BCUT2D eigenvalue weighted by molar-refractivity contribution is 5.90. The average Bonchev–Trinajstić information content (AvgIpc) is 3.25. The molecule has 0 N–H and O–H groups in total. The van der Waals surface area contributed by atoms with Crippen molar-refractivity contribution in [1.29, 1.82) is 0 Å². The molecule has 1 saturated carbocycles. The molecular weight excluding hydrogens is 340 g/mol. The van der Waals surface area contributed by atoms with Crippen molar-refractivity contribution in [3.8, 4) is 0 Å². The Labute approximate surface area is 160 Å². The molecule has 144 valence electrons. The summed E-state index contributed by atoms with van der Waals surface area (Å²) in [5, 5.41) is 5.40. The Morgan fingerprint density at radius 1 is 1.30 bits per heavy atom. The van der Waals surface area contributed by atoms with E-state index in [1.165, 1.54) is 28.7 Å². The minimum absolute atomic E-state index is 0.0307. The summed E-state index contributed by atoms with van der Waals surface area (Å²) in [6, 6.07) is 4.55. The van der Waals surface area contributed by atoms with Gasteiger partial charge in [0.15, 0.2) is 5.79 Å². The summed E-state index contributed by atoms with van der Waals surface area (Å²) in [4.78, 5) is 11.9. The molecule has 2 fully saturated rings. The minimum atomic E-state index is -0.336. The molecule has 2 unspecified atom stereocenters. The molecule has 2 aromatic rings. The number of aryl methyl sites for hydroxylation is 1. The molecule has 2 heterocycles. The van der Waals surface area contributed by atoms with E-state index in [4.69, 9.17) is 9.47 Å². The van der Waals surface area contributed by atoms with Crippen molar-refractivity contribution in [1.82, 2.24) is 9.78 Å². The third-order valence-corrected chi connectivity index (χ3v) is 7.36. The topological polar surface area (TPSA) is 53.4 Å². The summed E-state index contributed by atoms with van der Waals surface area (Å²) in [7, 11) is 0. The van der Waals surface area contributed by atoms with Gasteiger partial charge in [-0.2, -0.15) is 5.10 Å². The van der Waals surface area contributed by atoms with Gasteiger partial charge in [0.1, 0.15) is 0 Å². The molecule has 0 amide bonds. The normalized spacial score (nSPS) is 29.5. The number of benzene rings is 1. The highest BCUT2D eigenvalue weighted by atomic mass is 16.7. The SMILES string of the molecule is CCC12CCC3(CC1CCCc1cc4c(cnn4C(C)=O)cc12)OCCO3. The fourth-order valence-electron chi connectivity index (χ4n) is 6.02. The number of nitrogens with zero attached hydrogens (tertiary/aromatic N) is 2. The van der Waals surface area contributed by atoms with E-state index in [2.05, 4.69) is 24.2 Å². The van der Waals surface area contributed by atoms with Crippen LogP contribution in [-0.2, 0) is 21.3 Å². The second-order valence-corrected chi connectivity index (χ2v) is 8.55. The maximum Gasteiger partial charge on any atom is 0.244 e. The van der Waals surface area contributed by atoms with Crippen LogP contribution >= 0.6 is 0 Å². The maximum atomic E-state index is 11.9. The molecule has 0 bridgehead atoms. The average molecular weight is 368 g/mol. The lowest BCUT2D eigenvalue weighted by molar-refractivity contribution is -0.199. The molecule has 1 aliphatic heterocycles. The van der Waals surface area contributed by atoms with Crippen LogP contribution in [0.1, 0.15) is 68.3 Å². The van der Waals surface area contributed by atoms with Gasteiger partial charge < -0.3 is 9.47 Å². The molecule has 5 nitrogen and oxygen atoms in total. The van der Waals surface area contributed by atoms with Crippen molar-refractivity contribution in [2.24, 2.45) is 5.92 Å². The molecule has 1 saturated heterocycles. The minimum Gasteiger partial charge on any atom is -0.348 e. The second-order valence-electron chi connectivity index (χ2n) is 8.55. The summed E-state index contributed by atoms with van der Waals surface area (Å²) >= 11 is 0. The van der Waals surface area contributed by atoms with Crippen molar-refractivity contribution in [2.75, 3.05) is 13.2 Å². The zero-order valence-electron chi connectivity index (χ0n) is 16.3. The Bertz CT molecular complexity index is 896. The zero-order valence-corrected chi connectivity index (χ0v) is 16.3. The lowest BCUT2D eigenvalue weighted by Gasteiger charge is -2.49. The Kier molecular flexibility index (Phi) is 3.96. The fourth-order valence-corrected chi connectivity index (χ4v) is 6.02. The third kappa shape index (κ3) is 2.51. The highest BCUT2D eigenvalue weighted by Crippen LogP contribution is 2.55. The van der Waals surface area contributed by atoms with E-state index in [0.29, 0.717) is 5.92 Å².